The normalized spacial score (nSPS) is 11.4. The van der Waals surface area contributed by atoms with Crippen LogP contribution in [-0.2, 0) is 22.6 Å². The molecule has 0 unspecified atom stereocenters. The predicted octanol–water partition coefficient (Wildman–Crippen LogP) is 5.04. The summed E-state index contributed by atoms with van der Waals surface area (Å²) in [6, 6.07) is 24.6. The van der Waals surface area contributed by atoms with Crippen LogP contribution in [0, 0.1) is 0 Å². The molecule has 0 saturated heterocycles. The van der Waals surface area contributed by atoms with E-state index in [0.717, 1.165) is 28.8 Å². The third-order valence-electron chi connectivity index (χ3n) is 5.60. The number of azo groups is 1. The summed E-state index contributed by atoms with van der Waals surface area (Å²) in [5.41, 5.74) is 2.97. The Kier molecular flexibility index (Phi) is 7.87. The van der Waals surface area contributed by atoms with Crippen LogP contribution in [-0.4, -0.2) is 35.1 Å². The molecule has 0 saturated carbocycles. The van der Waals surface area contributed by atoms with Gasteiger partial charge in [-0.25, -0.2) is 0 Å². The lowest BCUT2D eigenvalue weighted by Gasteiger charge is -2.07. The number of nitrogens with one attached hydrogen (secondary N) is 1. The zero-order valence-electron chi connectivity index (χ0n) is 19.8. The molecule has 4 rings (SSSR count). The second-order valence-corrected chi connectivity index (χ2v) is 7.99. The predicted molar refractivity (Wildman–Crippen MR) is 138 cm³/mol. The van der Waals surface area contributed by atoms with E-state index in [1.165, 1.54) is 6.08 Å². The van der Waals surface area contributed by atoms with E-state index in [1.807, 2.05) is 66.7 Å². The summed E-state index contributed by atoms with van der Waals surface area (Å²) < 4.78 is 6.86. The van der Waals surface area contributed by atoms with Crippen LogP contribution in [0.3, 0.4) is 0 Å². The van der Waals surface area contributed by atoms with Gasteiger partial charge in [-0.15, -0.1) is 10.2 Å². The van der Waals surface area contributed by atoms with Crippen LogP contribution in [0.25, 0.3) is 17.0 Å². The first-order chi connectivity index (χ1) is 17.5. The molecule has 0 atom stereocenters. The fourth-order valence-electron chi connectivity index (χ4n) is 3.73. The first-order valence-electron chi connectivity index (χ1n) is 11.4. The summed E-state index contributed by atoms with van der Waals surface area (Å²) in [6.45, 7) is 0.221. The molecule has 0 radical (unpaired) electrons. The molecule has 182 valence electrons. The Morgan fingerprint density at radius 1 is 1.00 bits per heavy atom. The average Bonchev–Trinajstić information content (AvgIpc) is 3.19. The number of nitrogens with zero attached hydrogens (tertiary/aromatic N) is 3. The maximum atomic E-state index is 12.2. The average molecular weight is 483 g/mol. The molecule has 36 heavy (non-hydrogen) atoms. The van der Waals surface area contributed by atoms with Crippen LogP contribution in [0.5, 0.6) is 11.6 Å². The lowest BCUT2D eigenvalue weighted by Crippen LogP contribution is -2.26. The van der Waals surface area contributed by atoms with Crippen molar-refractivity contribution in [2.24, 2.45) is 10.2 Å². The highest BCUT2D eigenvalue weighted by Gasteiger charge is 2.16. The molecule has 2 N–H and O–H groups in total. The molecular weight excluding hydrogens is 456 g/mol. The topological polar surface area (TPSA) is 105 Å². The van der Waals surface area contributed by atoms with Crippen molar-refractivity contribution in [3.8, 4) is 11.6 Å². The Balaban J connectivity index is 1.39. The molecule has 8 nitrogen and oxygen atoms in total. The number of aromatic nitrogens is 1. The minimum Gasteiger partial charge on any atom is -0.497 e. The Bertz CT molecular complexity index is 1410. The number of hydrogen-bond donors (Lipinski definition) is 2. The number of carbonyl (C=O) groups excluding carboxylic acids is 2. The highest BCUT2D eigenvalue weighted by Crippen LogP contribution is 2.38. The molecule has 2 amide bonds. The van der Waals surface area contributed by atoms with Gasteiger partial charge in [-0.2, -0.15) is 0 Å². The van der Waals surface area contributed by atoms with Crippen molar-refractivity contribution in [1.82, 2.24) is 9.88 Å². The van der Waals surface area contributed by atoms with Crippen molar-refractivity contribution in [2.75, 3.05) is 13.7 Å². The number of amides is 2. The van der Waals surface area contributed by atoms with Gasteiger partial charge in [0.15, 0.2) is 5.69 Å². The molecule has 0 bridgehead atoms. The van der Waals surface area contributed by atoms with Gasteiger partial charge in [0, 0.05) is 18.0 Å². The van der Waals surface area contributed by atoms with Gasteiger partial charge in [0.1, 0.15) is 12.3 Å². The van der Waals surface area contributed by atoms with Crippen molar-refractivity contribution in [3.05, 3.63) is 96.1 Å². The first-order valence-corrected chi connectivity index (χ1v) is 11.4. The number of methoxy groups -OCH3 is 1. The number of para-hydroxylation sites is 1. The third-order valence-corrected chi connectivity index (χ3v) is 5.60. The summed E-state index contributed by atoms with van der Waals surface area (Å²) in [4.78, 5) is 24.3. The molecule has 1 heterocycles. The SMILES string of the molecule is COc1ccc(C=CC(=O)NCC(=O)N=Nc2c(O)n(CCc3ccccc3)c3ccccc23)cc1. The number of benzene rings is 3. The number of carbonyl (C=O) groups is 2. The largest absolute Gasteiger partial charge is 0.497 e. The van der Waals surface area contributed by atoms with E-state index in [2.05, 4.69) is 15.5 Å². The molecule has 1 aromatic heterocycles. The van der Waals surface area contributed by atoms with Crippen LogP contribution in [0.4, 0.5) is 5.69 Å². The minimum absolute atomic E-state index is 0.0601. The maximum absolute atomic E-state index is 12.2. The van der Waals surface area contributed by atoms with Gasteiger partial charge in [-0.05, 0) is 41.8 Å². The van der Waals surface area contributed by atoms with Gasteiger partial charge in [0.05, 0.1) is 12.6 Å². The van der Waals surface area contributed by atoms with Crippen molar-refractivity contribution in [3.63, 3.8) is 0 Å². The van der Waals surface area contributed by atoms with Crippen LogP contribution in [0.15, 0.2) is 95.2 Å². The third kappa shape index (κ3) is 6.04. The Hall–Kier alpha value is -4.72. The summed E-state index contributed by atoms with van der Waals surface area (Å²) in [7, 11) is 1.58. The molecular formula is C28H26N4O4. The highest BCUT2D eigenvalue weighted by molar-refractivity contribution is 5.96. The van der Waals surface area contributed by atoms with Gasteiger partial charge in [0.25, 0.3) is 5.91 Å². The number of fused-ring (bicyclic) bond motifs is 1. The monoisotopic (exact) mass is 482 g/mol. The standard InChI is InChI=1S/C28H26N4O4/c1-36-22-14-11-21(12-15-22)13-16-25(33)29-19-26(34)30-31-27-23-9-5-6-10-24(23)32(28(27)35)18-17-20-7-3-2-4-8-20/h2-16,35H,17-19H2,1H3,(H,29,33). The summed E-state index contributed by atoms with van der Waals surface area (Å²) in [6.07, 6.45) is 3.68. The van der Waals surface area contributed by atoms with E-state index < -0.39 is 11.8 Å². The number of ether oxygens (including phenoxy) is 1. The smallest absolute Gasteiger partial charge is 0.283 e. The zero-order chi connectivity index (χ0) is 25.3. The van der Waals surface area contributed by atoms with Gasteiger partial charge >= 0.3 is 0 Å². The Morgan fingerprint density at radius 2 is 1.72 bits per heavy atom. The van der Waals surface area contributed by atoms with Crippen molar-refractivity contribution >= 4 is 34.5 Å². The second kappa shape index (κ2) is 11.6. The van der Waals surface area contributed by atoms with Gasteiger partial charge < -0.3 is 19.7 Å². The van der Waals surface area contributed by atoms with Crippen LogP contribution < -0.4 is 10.1 Å². The highest BCUT2D eigenvalue weighted by atomic mass is 16.5. The lowest BCUT2D eigenvalue weighted by molar-refractivity contribution is -0.122. The molecule has 0 aliphatic heterocycles. The van der Waals surface area contributed by atoms with E-state index in [9.17, 15) is 14.7 Å². The summed E-state index contributed by atoms with van der Waals surface area (Å²) in [5.74, 6) is -0.413. The number of hydrogen-bond acceptors (Lipinski definition) is 5. The Morgan fingerprint density at radius 3 is 2.47 bits per heavy atom. The molecule has 0 fully saturated rings. The van der Waals surface area contributed by atoms with E-state index in [4.69, 9.17) is 4.74 Å². The number of aryl methyl sites for hydroxylation is 2. The molecule has 0 aliphatic carbocycles. The molecule has 4 aromatic rings. The van der Waals surface area contributed by atoms with Crippen LogP contribution in [0.2, 0.25) is 0 Å². The summed E-state index contributed by atoms with van der Waals surface area (Å²) in [5, 5.41) is 21.7. The fourth-order valence-corrected chi connectivity index (χ4v) is 3.73. The molecule has 3 aromatic carbocycles. The molecule has 8 heteroatoms. The number of rotatable bonds is 9. The van der Waals surface area contributed by atoms with Crippen molar-refractivity contribution in [1.29, 1.82) is 0 Å². The minimum atomic E-state index is -0.637. The first kappa shape index (κ1) is 24.4. The van der Waals surface area contributed by atoms with Crippen LogP contribution in [0.1, 0.15) is 11.1 Å². The van der Waals surface area contributed by atoms with E-state index >= 15 is 0 Å². The maximum Gasteiger partial charge on any atom is 0.283 e. The van der Waals surface area contributed by atoms with Crippen LogP contribution >= 0.6 is 0 Å². The second-order valence-electron chi connectivity index (χ2n) is 7.99. The van der Waals surface area contributed by atoms with Gasteiger partial charge in [0.2, 0.25) is 11.8 Å². The molecule has 0 aliphatic rings. The van der Waals surface area contributed by atoms with Gasteiger partial charge in [-0.3, -0.25) is 9.59 Å². The zero-order valence-corrected chi connectivity index (χ0v) is 19.8. The quantitative estimate of drug-likeness (QED) is 0.258. The van der Waals surface area contributed by atoms with Crippen molar-refractivity contribution < 1.29 is 19.4 Å². The summed E-state index contributed by atoms with van der Waals surface area (Å²) >= 11 is 0. The number of aromatic hydroxyl groups is 1. The van der Waals surface area contributed by atoms with Gasteiger partial charge in [-0.1, -0.05) is 60.7 Å². The fraction of sp³-hybridized carbons (Fsp3) is 0.143. The van der Waals surface area contributed by atoms with E-state index in [0.29, 0.717) is 11.9 Å². The molecule has 0 spiro atoms. The van der Waals surface area contributed by atoms with E-state index in [-0.39, 0.29) is 18.1 Å². The lowest BCUT2D eigenvalue weighted by atomic mass is 10.1. The van der Waals surface area contributed by atoms with E-state index in [1.54, 1.807) is 29.9 Å². The Labute approximate surface area is 208 Å². The van der Waals surface area contributed by atoms with Crippen molar-refractivity contribution in [2.45, 2.75) is 13.0 Å².